The largest absolute Gasteiger partial charge is 0.506 e. The van der Waals surface area contributed by atoms with Gasteiger partial charge in [0.25, 0.3) is 5.91 Å². The number of rotatable bonds is 4. The van der Waals surface area contributed by atoms with E-state index in [0.29, 0.717) is 3.57 Å². The maximum absolute atomic E-state index is 12.9. The lowest BCUT2D eigenvalue weighted by Gasteiger charge is -2.12. The Balaban J connectivity index is 1.98. The van der Waals surface area contributed by atoms with Crippen molar-refractivity contribution in [2.45, 2.75) is 9.79 Å². The van der Waals surface area contributed by atoms with E-state index in [1.807, 2.05) is 45.2 Å². The number of benzene rings is 3. The van der Waals surface area contributed by atoms with Crippen LogP contribution in [-0.2, 0) is 9.84 Å². The normalized spacial score (nSPS) is 11.2. The first kappa shape index (κ1) is 21.3. The molecule has 0 aromatic heterocycles. The van der Waals surface area contributed by atoms with Crippen molar-refractivity contribution < 1.29 is 18.3 Å². The quantitative estimate of drug-likeness (QED) is 0.378. The average Bonchev–Trinajstić information content (AvgIpc) is 2.66. The summed E-state index contributed by atoms with van der Waals surface area (Å²) in [6, 6.07) is 15.4. The number of phenolic OH excluding ortho intramolecular Hbond substituents is 1. The number of phenols is 1. The molecule has 0 aliphatic carbocycles. The number of halogens is 3. The number of amides is 1. The summed E-state index contributed by atoms with van der Waals surface area (Å²) in [6.07, 6.45) is 0. The minimum absolute atomic E-state index is 0.0495. The van der Waals surface area contributed by atoms with E-state index in [1.54, 1.807) is 30.3 Å². The van der Waals surface area contributed by atoms with Crippen molar-refractivity contribution in [1.29, 1.82) is 0 Å². The molecule has 0 bridgehead atoms. The lowest BCUT2D eigenvalue weighted by molar-refractivity contribution is 0.102. The molecule has 0 saturated carbocycles. The van der Waals surface area contributed by atoms with Gasteiger partial charge in [0, 0.05) is 9.26 Å². The maximum Gasteiger partial charge on any atom is 0.259 e. The summed E-state index contributed by atoms with van der Waals surface area (Å²) in [7, 11) is -3.85. The van der Waals surface area contributed by atoms with Gasteiger partial charge in [-0.15, -0.1) is 0 Å². The fourth-order valence-electron chi connectivity index (χ4n) is 2.45. The fraction of sp³-hybridized carbons (Fsp3) is 0. The first-order chi connectivity index (χ1) is 13.2. The molecule has 0 aliphatic rings. The number of sulfone groups is 1. The van der Waals surface area contributed by atoms with E-state index in [9.17, 15) is 18.3 Å². The Bertz CT molecular complexity index is 1170. The highest BCUT2D eigenvalue weighted by molar-refractivity contribution is 14.1. The number of hydrogen-bond donors (Lipinski definition) is 2. The van der Waals surface area contributed by atoms with Crippen molar-refractivity contribution in [3.8, 4) is 5.75 Å². The van der Waals surface area contributed by atoms with Crippen LogP contribution in [0.2, 0.25) is 5.02 Å². The third-order valence-electron chi connectivity index (χ3n) is 3.80. The van der Waals surface area contributed by atoms with Gasteiger partial charge in [0.2, 0.25) is 9.84 Å². The number of anilines is 1. The molecule has 0 spiro atoms. The molecule has 0 saturated heterocycles. The zero-order chi connectivity index (χ0) is 20.5. The summed E-state index contributed by atoms with van der Waals surface area (Å²) >= 11 is 10.1. The van der Waals surface area contributed by atoms with Crippen LogP contribution in [0.3, 0.4) is 0 Å². The molecule has 0 aliphatic heterocycles. The van der Waals surface area contributed by atoms with Gasteiger partial charge in [-0.3, -0.25) is 4.79 Å². The zero-order valence-corrected chi connectivity index (χ0v) is 19.9. The number of nitrogens with one attached hydrogen (secondary N) is 1. The molecule has 0 fully saturated rings. The zero-order valence-electron chi connectivity index (χ0n) is 14.0. The average molecular weight is 640 g/mol. The Morgan fingerprint density at radius 1 is 1.00 bits per heavy atom. The van der Waals surface area contributed by atoms with Gasteiger partial charge in [0.15, 0.2) is 0 Å². The van der Waals surface area contributed by atoms with Crippen LogP contribution in [0.15, 0.2) is 70.5 Å². The molecule has 0 unspecified atom stereocenters. The van der Waals surface area contributed by atoms with Crippen LogP contribution in [0.1, 0.15) is 10.4 Å². The molecular weight excluding hydrogens is 628 g/mol. The highest BCUT2D eigenvalue weighted by atomic mass is 127. The van der Waals surface area contributed by atoms with Crippen molar-refractivity contribution in [3.63, 3.8) is 0 Å². The predicted octanol–water partition coefficient (Wildman–Crippen LogP) is 5.34. The highest BCUT2D eigenvalue weighted by Crippen LogP contribution is 2.31. The summed E-state index contributed by atoms with van der Waals surface area (Å²) in [5.41, 5.74) is 0.343. The highest BCUT2D eigenvalue weighted by Gasteiger charge is 2.22. The standard InChI is InChI=1S/C19H12ClI2NO4S/c20-15-7-6-12(10-17(15)28(26,27)13-4-2-1-3-5-13)23-19(25)14-8-11(21)9-16(22)18(14)24/h1-10,24H,(H,23,25). The molecule has 3 aromatic carbocycles. The minimum atomic E-state index is -3.85. The molecule has 9 heteroatoms. The van der Waals surface area contributed by atoms with Crippen molar-refractivity contribution in [3.05, 3.63) is 78.4 Å². The summed E-state index contributed by atoms with van der Waals surface area (Å²) in [5.74, 6) is -0.691. The number of carbonyl (C=O) groups excluding carboxylic acids is 1. The second kappa shape index (κ2) is 8.56. The van der Waals surface area contributed by atoms with Crippen molar-refractivity contribution in [1.82, 2.24) is 0 Å². The van der Waals surface area contributed by atoms with Gasteiger partial charge in [-0.1, -0.05) is 29.8 Å². The predicted molar refractivity (Wildman–Crippen MR) is 125 cm³/mol. The van der Waals surface area contributed by atoms with Crippen LogP contribution in [0.5, 0.6) is 5.75 Å². The molecule has 144 valence electrons. The molecule has 0 radical (unpaired) electrons. The lowest BCUT2D eigenvalue weighted by atomic mass is 10.2. The van der Waals surface area contributed by atoms with Crippen molar-refractivity contribution in [2.24, 2.45) is 0 Å². The summed E-state index contributed by atoms with van der Waals surface area (Å²) in [4.78, 5) is 12.6. The van der Waals surface area contributed by atoms with Crippen molar-refractivity contribution >= 4 is 78.2 Å². The first-order valence-electron chi connectivity index (χ1n) is 7.79. The summed E-state index contributed by atoms with van der Waals surface area (Å²) in [6.45, 7) is 0. The molecule has 2 N–H and O–H groups in total. The van der Waals surface area contributed by atoms with Gasteiger partial charge in [-0.25, -0.2) is 8.42 Å². The van der Waals surface area contributed by atoms with E-state index in [4.69, 9.17) is 11.6 Å². The Hall–Kier alpha value is -1.37. The van der Waals surface area contributed by atoms with Gasteiger partial charge in [0.05, 0.1) is 23.9 Å². The number of carbonyl (C=O) groups is 1. The summed E-state index contributed by atoms with van der Waals surface area (Å²) in [5, 5.41) is 12.8. The van der Waals surface area contributed by atoms with E-state index >= 15 is 0 Å². The maximum atomic E-state index is 12.9. The second-order valence-electron chi connectivity index (χ2n) is 5.70. The molecular formula is C19H12ClI2NO4S. The van der Waals surface area contributed by atoms with Gasteiger partial charge < -0.3 is 10.4 Å². The first-order valence-corrected chi connectivity index (χ1v) is 11.8. The Labute approximate surface area is 194 Å². The molecule has 3 aromatic rings. The van der Waals surface area contributed by atoms with E-state index in [2.05, 4.69) is 5.32 Å². The van der Waals surface area contributed by atoms with Gasteiger partial charge in [-0.05, 0) is 87.6 Å². The fourth-order valence-corrected chi connectivity index (χ4v) is 6.09. The van der Waals surface area contributed by atoms with E-state index in [0.717, 1.165) is 3.57 Å². The third kappa shape index (κ3) is 4.44. The molecule has 1 amide bonds. The Morgan fingerprint density at radius 3 is 2.36 bits per heavy atom. The van der Waals surface area contributed by atoms with Crippen LogP contribution < -0.4 is 5.32 Å². The Kier molecular flexibility index (Phi) is 6.52. The smallest absolute Gasteiger partial charge is 0.259 e. The van der Waals surface area contributed by atoms with Gasteiger partial charge >= 0.3 is 0 Å². The molecule has 3 rings (SSSR count). The van der Waals surface area contributed by atoms with Crippen LogP contribution in [0.25, 0.3) is 0 Å². The van der Waals surface area contributed by atoms with E-state index < -0.39 is 15.7 Å². The Morgan fingerprint density at radius 2 is 1.68 bits per heavy atom. The number of aromatic hydroxyl groups is 1. The van der Waals surface area contributed by atoms with Crippen LogP contribution in [0.4, 0.5) is 5.69 Å². The molecule has 0 heterocycles. The lowest BCUT2D eigenvalue weighted by Crippen LogP contribution is -2.13. The molecule has 5 nitrogen and oxygen atoms in total. The summed E-state index contributed by atoms with van der Waals surface area (Å²) < 4.78 is 27.1. The third-order valence-corrected chi connectivity index (χ3v) is 7.50. The number of hydrogen-bond acceptors (Lipinski definition) is 4. The minimum Gasteiger partial charge on any atom is -0.506 e. The van der Waals surface area contributed by atoms with Crippen LogP contribution in [0, 0.1) is 7.14 Å². The van der Waals surface area contributed by atoms with E-state index in [-0.39, 0.29) is 31.8 Å². The monoisotopic (exact) mass is 639 g/mol. The second-order valence-corrected chi connectivity index (χ2v) is 10.4. The molecule has 0 atom stereocenters. The van der Waals surface area contributed by atoms with Gasteiger partial charge in [0.1, 0.15) is 5.75 Å². The van der Waals surface area contributed by atoms with E-state index in [1.165, 1.54) is 30.3 Å². The molecule has 28 heavy (non-hydrogen) atoms. The van der Waals surface area contributed by atoms with Gasteiger partial charge in [-0.2, -0.15) is 0 Å². The van der Waals surface area contributed by atoms with Crippen molar-refractivity contribution in [2.75, 3.05) is 5.32 Å². The topological polar surface area (TPSA) is 83.5 Å². The van der Waals surface area contributed by atoms with Crippen LogP contribution >= 0.6 is 56.8 Å². The SMILES string of the molecule is O=C(Nc1ccc(Cl)c(S(=O)(=O)c2ccccc2)c1)c1cc(I)cc(I)c1O. The van der Waals surface area contributed by atoms with Crippen LogP contribution in [-0.4, -0.2) is 19.4 Å².